The Hall–Kier alpha value is -2.07. The number of hydrogen-bond acceptors (Lipinski definition) is 5. The van der Waals surface area contributed by atoms with Gasteiger partial charge in [0.05, 0.1) is 6.04 Å². The highest BCUT2D eigenvalue weighted by Crippen LogP contribution is 2.39. The van der Waals surface area contributed by atoms with Crippen LogP contribution in [0.1, 0.15) is 27.8 Å². The second kappa shape index (κ2) is 8.30. The molecule has 0 aliphatic carbocycles. The molecule has 0 saturated carbocycles. The first-order valence-electron chi connectivity index (χ1n) is 8.21. The number of amides is 2. The molecule has 2 amide bonds. The number of carbonyl (C=O) groups is 2. The van der Waals surface area contributed by atoms with Crippen LogP contribution in [0.25, 0.3) is 0 Å². The average molecular weight is 418 g/mol. The molecule has 0 saturated heterocycles. The summed E-state index contributed by atoms with van der Waals surface area (Å²) in [7, 11) is 0. The molecule has 2 aromatic heterocycles. The van der Waals surface area contributed by atoms with Crippen molar-refractivity contribution in [1.29, 1.82) is 0 Å². The highest BCUT2D eigenvalue weighted by Gasteiger charge is 2.33. The zero-order chi connectivity index (χ0) is 19.4. The van der Waals surface area contributed by atoms with E-state index in [9.17, 15) is 22.8 Å². The number of nitrogens with one attached hydrogen (secondary N) is 1. The van der Waals surface area contributed by atoms with Crippen molar-refractivity contribution in [3.63, 3.8) is 0 Å². The van der Waals surface area contributed by atoms with Crippen molar-refractivity contribution >= 4 is 34.7 Å². The minimum absolute atomic E-state index is 0.0114. The Bertz CT molecular complexity index is 790. The lowest BCUT2D eigenvalue weighted by Gasteiger charge is -2.35. The number of ether oxygens (including phenoxy) is 1. The lowest BCUT2D eigenvalue weighted by atomic mass is 9.98. The summed E-state index contributed by atoms with van der Waals surface area (Å²) in [6.07, 6.45) is -5.01. The van der Waals surface area contributed by atoms with E-state index in [4.69, 9.17) is 0 Å². The van der Waals surface area contributed by atoms with Gasteiger partial charge >= 0.3 is 12.3 Å². The quantitative estimate of drug-likeness (QED) is 0.800. The summed E-state index contributed by atoms with van der Waals surface area (Å²) in [5.41, 5.74) is 1.11. The Morgan fingerprint density at radius 2 is 2.07 bits per heavy atom. The van der Waals surface area contributed by atoms with Gasteiger partial charge in [-0.15, -0.1) is 22.7 Å². The number of halogens is 3. The van der Waals surface area contributed by atoms with Crippen LogP contribution in [0.15, 0.2) is 29.0 Å². The third-order valence-electron chi connectivity index (χ3n) is 4.07. The Morgan fingerprint density at radius 3 is 2.78 bits per heavy atom. The summed E-state index contributed by atoms with van der Waals surface area (Å²) in [6.45, 7) is -1.17. The first-order chi connectivity index (χ1) is 12.8. The van der Waals surface area contributed by atoms with E-state index in [1.54, 1.807) is 27.6 Å². The molecular weight excluding hydrogens is 401 g/mol. The number of rotatable bonds is 5. The Balaban J connectivity index is 1.58. The summed E-state index contributed by atoms with van der Waals surface area (Å²) < 4.78 is 40.1. The van der Waals surface area contributed by atoms with Crippen LogP contribution in [0.5, 0.6) is 0 Å². The molecule has 1 aliphatic heterocycles. The molecule has 146 valence electrons. The van der Waals surface area contributed by atoms with Crippen molar-refractivity contribution < 1.29 is 27.5 Å². The van der Waals surface area contributed by atoms with Gasteiger partial charge in [0, 0.05) is 29.3 Å². The Kier molecular flexibility index (Phi) is 6.05. The second-order valence-corrected chi connectivity index (χ2v) is 7.90. The maximum Gasteiger partial charge on any atom is 0.422 e. The molecule has 1 atom stereocenters. The molecule has 0 unspecified atom stereocenters. The minimum atomic E-state index is -4.58. The molecular formula is C17H17F3N2O3S2. The van der Waals surface area contributed by atoms with Crippen LogP contribution in [0.4, 0.5) is 18.0 Å². The Morgan fingerprint density at radius 1 is 1.26 bits per heavy atom. The number of hydrogen-bond donors (Lipinski definition) is 1. The van der Waals surface area contributed by atoms with Gasteiger partial charge in [-0.1, -0.05) is 6.07 Å². The largest absolute Gasteiger partial charge is 0.440 e. The lowest BCUT2D eigenvalue weighted by molar-refractivity contribution is -0.160. The number of fused-ring (bicyclic) bond motifs is 1. The van der Waals surface area contributed by atoms with E-state index in [1.807, 2.05) is 29.0 Å². The summed E-state index contributed by atoms with van der Waals surface area (Å²) in [5, 5.41) is 6.15. The van der Waals surface area contributed by atoms with Crippen molar-refractivity contribution in [1.82, 2.24) is 10.2 Å². The summed E-state index contributed by atoms with van der Waals surface area (Å²) in [6, 6.07) is 5.78. The number of alkyl carbamates (subject to hydrolysis) is 1. The molecule has 10 heteroatoms. The minimum Gasteiger partial charge on any atom is -0.440 e. The van der Waals surface area contributed by atoms with E-state index in [1.165, 1.54) is 4.88 Å². The number of carbonyl (C=O) groups excluding carboxylic acids is 2. The van der Waals surface area contributed by atoms with Gasteiger partial charge in [-0.25, -0.2) is 4.79 Å². The monoisotopic (exact) mass is 418 g/mol. The predicted molar refractivity (Wildman–Crippen MR) is 95.9 cm³/mol. The lowest BCUT2D eigenvalue weighted by Crippen LogP contribution is -2.41. The third kappa shape index (κ3) is 5.01. The normalized spacial score (nSPS) is 16.7. The van der Waals surface area contributed by atoms with Crippen molar-refractivity contribution in [2.75, 3.05) is 19.7 Å². The molecule has 0 spiro atoms. The highest BCUT2D eigenvalue weighted by atomic mass is 32.1. The first kappa shape index (κ1) is 19.7. The molecule has 0 bridgehead atoms. The molecule has 1 aliphatic rings. The summed E-state index contributed by atoms with van der Waals surface area (Å²) >= 11 is 3.24. The maximum atomic E-state index is 12.7. The molecule has 0 aromatic carbocycles. The van der Waals surface area contributed by atoms with E-state index >= 15 is 0 Å². The standard InChI is InChI=1S/C17H17F3N2O3S2/c18-17(19,20)10-25-16(24)21-6-3-14(23)22-7-4-12-11(5-9-27-12)15(22)13-2-1-8-26-13/h1-2,5,8-9,15H,3-4,6-7,10H2,(H,21,24)/t15-/m0/s1. The number of nitrogens with zero attached hydrogens (tertiary/aromatic N) is 1. The van der Waals surface area contributed by atoms with E-state index in [-0.39, 0.29) is 24.9 Å². The fourth-order valence-corrected chi connectivity index (χ4v) is 4.71. The van der Waals surface area contributed by atoms with Crippen LogP contribution in [0.2, 0.25) is 0 Å². The van der Waals surface area contributed by atoms with Gasteiger partial charge in [-0.2, -0.15) is 13.2 Å². The van der Waals surface area contributed by atoms with Gasteiger partial charge < -0.3 is 15.0 Å². The zero-order valence-electron chi connectivity index (χ0n) is 14.1. The van der Waals surface area contributed by atoms with Crippen LogP contribution < -0.4 is 5.32 Å². The van der Waals surface area contributed by atoms with E-state index in [0.29, 0.717) is 6.54 Å². The van der Waals surface area contributed by atoms with Crippen LogP contribution in [0, 0.1) is 0 Å². The highest BCUT2D eigenvalue weighted by molar-refractivity contribution is 7.10. The molecule has 1 N–H and O–H groups in total. The summed E-state index contributed by atoms with van der Waals surface area (Å²) in [5.74, 6) is -0.165. The van der Waals surface area contributed by atoms with Crippen molar-refractivity contribution in [2.24, 2.45) is 0 Å². The fourth-order valence-electron chi connectivity index (χ4n) is 2.95. The van der Waals surface area contributed by atoms with Gasteiger partial charge in [0.2, 0.25) is 5.91 Å². The number of alkyl halides is 3. The molecule has 3 rings (SSSR count). The van der Waals surface area contributed by atoms with Gasteiger partial charge in [0.15, 0.2) is 6.61 Å². The predicted octanol–water partition coefficient (Wildman–Crippen LogP) is 3.96. The SMILES string of the molecule is O=C(NCCC(=O)N1CCc2sccc2[C@H]1c1cccs1)OCC(F)(F)F. The van der Waals surface area contributed by atoms with Gasteiger partial charge in [0.25, 0.3) is 0 Å². The zero-order valence-corrected chi connectivity index (χ0v) is 15.8. The topological polar surface area (TPSA) is 58.6 Å². The molecule has 2 aromatic rings. The maximum absolute atomic E-state index is 12.7. The molecule has 0 radical (unpaired) electrons. The van der Waals surface area contributed by atoms with E-state index in [2.05, 4.69) is 10.1 Å². The van der Waals surface area contributed by atoms with Crippen molar-refractivity contribution in [3.8, 4) is 0 Å². The molecule has 5 nitrogen and oxygen atoms in total. The summed E-state index contributed by atoms with van der Waals surface area (Å²) in [4.78, 5) is 28.0. The van der Waals surface area contributed by atoms with Crippen LogP contribution in [0.3, 0.4) is 0 Å². The Labute approximate surface area is 161 Å². The molecule has 27 heavy (non-hydrogen) atoms. The first-order valence-corrected chi connectivity index (χ1v) is 9.97. The fraction of sp³-hybridized carbons (Fsp3) is 0.412. The number of thiophene rings is 2. The van der Waals surface area contributed by atoms with Gasteiger partial charge in [0.1, 0.15) is 0 Å². The van der Waals surface area contributed by atoms with Crippen LogP contribution in [-0.2, 0) is 16.0 Å². The van der Waals surface area contributed by atoms with Crippen molar-refractivity contribution in [3.05, 3.63) is 44.3 Å². The van der Waals surface area contributed by atoms with Crippen LogP contribution in [-0.4, -0.2) is 42.8 Å². The molecule has 3 heterocycles. The van der Waals surface area contributed by atoms with Gasteiger partial charge in [-0.05, 0) is 34.9 Å². The molecule has 0 fully saturated rings. The van der Waals surface area contributed by atoms with E-state index in [0.717, 1.165) is 16.9 Å². The van der Waals surface area contributed by atoms with Crippen LogP contribution >= 0.6 is 22.7 Å². The van der Waals surface area contributed by atoms with Gasteiger partial charge in [-0.3, -0.25) is 4.79 Å². The smallest absolute Gasteiger partial charge is 0.422 e. The third-order valence-corrected chi connectivity index (χ3v) is 6.00. The average Bonchev–Trinajstić information content (AvgIpc) is 3.29. The van der Waals surface area contributed by atoms with E-state index < -0.39 is 18.9 Å². The second-order valence-electron chi connectivity index (χ2n) is 5.92. The van der Waals surface area contributed by atoms with Crippen molar-refractivity contribution in [2.45, 2.75) is 25.1 Å².